The summed E-state index contributed by atoms with van der Waals surface area (Å²) in [6.45, 7) is 2.90. The molecule has 78 valence electrons. The average molecular weight is 197 g/mol. The van der Waals surface area contributed by atoms with Gasteiger partial charge < -0.3 is 10.1 Å². The zero-order chi connectivity index (χ0) is 9.97. The van der Waals surface area contributed by atoms with Crippen molar-refractivity contribution in [2.45, 2.75) is 31.9 Å². The van der Waals surface area contributed by atoms with Gasteiger partial charge in [0.2, 0.25) is 5.95 Å². The number of nitrogens with zero attached hydrogens (tertiary/aromatic N) is 4. The van der Waals surface area contributed by atoms with E-state index in [1.807, 2.05) is 7.05 Å². The monoisotopic (exact) mass is 197 g/mol. The lowest BCUT2D eigenvalue weighted by molar-refractivity contribution is 0.0230. The highest BCUT2D eigenvalue weighted by atomic mass is 16.5. The van der Waals surface area contributed by atoms with E-state index in [0.29, 0.717) is 12.1 Å². The summed E-state index contributed by atoms with van der Waals surface area (Å²) in [6.07, 6.45) is 2.34. The van der Waals surface area contributed by atoms with E-state index in [9.17, 15) is 0 Å². The normalized spacial score (nSPS) is 27.6. The van der Waals surface area contributed by atoms with Gasteiger partial charge in [0.15, 0.2) is 0 Å². The molecule has 0 amide bonds. The molecular weight excluding hydrogens is 182 g/mol. The molecule has 0 aromatic carbocycles. The van der Waals surface area contributed by atoms with Crippen molar-refractivity contribution in [1.82, 2.24) is 20.2 Å². The lowest BCUT2D eigenvalue weighted by Crippen LogP contribution is -2.33. The number of aromatic nitrogens is 4. The fraction of sp³-hybridized carbons (Fsp3) is 0.875. The van der Waals surface area contributed by atoms with Gasteiger partial charge in [-0.25, -0.2) is 4.68 Å². The maximum atomic E-state index is 5.46. The predicted molar refractivity (Wildman–Crippen MR) is 50.9 cm³/mol. The van der Waals surface area contributed by atoms with Gasteiger partial charge in [0.1, 0.15) is 0 Å². The van der Waals surface area contributed by atoms with Crippen molar-refractivity contribution in [2.24, 2.45) is 7.05 Å². The number of aryl methyl sites for hydroxylation is 1. The Morgan fingerprint density at radius 1 is 1.57 bits per heavy atom. The Kier molecular flexibility index (Phi) is 2.62. The van der Waals surface area contributed by atoms with Crippen LogP contribution in [-0.4, -0.2) is 39.0 Å². The summed E-state index contributed by atoms with van der Waals surface area (Å²) in [7, 11) is 1.82. The molecule has 0 spiro atoms. The Bertz CT molecular complexity index is 300. The van der Waals surface area contributed by atoms with E-state index in [4.69, 9.17) is 4.74 Å². The summed E-state index contributed by atoms with van der Waals surface area (Å²) in [6, 6.07) is 0.420. The van der Waals surface area contributed by atoms with Crippen LogP contribution in [0.3, 0.4) is 0 Å². The predicted octanol–water partition coefficient (Wildman–Crippen LogP) is 0.189. The van der Waals surface area contributed by atoms with E-state index in [-0.39, 0.29) is 0 Å². The van der Waals surface area contributed by atoms with Gasteiger partial charge in [-0.15, -0.1) is 0 Å². The molecule has 2 unspecified atom stereocenters. The molecule has 1 aliphatic heterocycles. The van der Waals surface area contributed by atoms with Gasteiger partial charge in [-0.05, 0) is 30.2 Å². The van der Waals surface area contributed by atoms with Crippen molar-refractivity contribution >= 4 is 5.95 Å². The lowest BCUT2D eigenvalue weighted by Gasteiger charge is -2.27. The zero-order valence-electron chi connectivity index (χ0n) is 8.47. The molecule has 2 rings (SSSR count). The first-order chi connectivity index (χ1) is 6.75. The van der Waals surface area contributed by atoms with Crippen LogP contribution in [0.5, 0.6) is 0 Å². The molecule has 0 radical (unpaired) electrons. The third kappa shape index (κ3) is 2.01. The van der Waals surface area contributed by atoms with E-state index in [0.717, 1.165) is 25.4 Å². The van der Waals surface area contributed by atoms with Gasteiger partial charge >= 0.3 is 0 Å². The molecule has 0 saturated carbocycles. The number of rotatable bonds is 2. The summed E-state index contributed by atoms with van der Waals surface area (Å²) in [5.41, 5.74) is 0. The number of ether oxygens (including phenoxy) is 1. The van der Waals surface area contributed by atoms with Crippen LogP contribution in [0.1, 0.15) is 19.8 Å². The van der Waals surface area contributed by atoms with E-state index in [2.05, 4.69) is 27.8 Å². The van der Waals surface area contributed by atoms with Crippen LogP contribution >= 0.6 is 0 Å². The van der Waals surface area contributed by atoms with Crippen LogP contribution in [-0.2, 0) is 11.8 Å². The largest absolute Gasteiger partial charge is 0.378 e. The summed E-state index contributed by atoms with van der Waals surface area (Å²) in [5, 5.41) is 14.5. The first-order valence-electron chi connectivity index (χ1n) is 4.86. The number of nitrogens with one attached hydrogen (secondary N) is 1. The highest BCUT2D eigenvalue weighted by molar-refractivity contribution is 5.23. The maximum Gasteiger partial charge on any atom is 0.242 e. The molecular formula is C8H15N5O. The molecule has 1 aromatic heterocycles. The van der Waals surface area contributed by atoms with E-state index < -0.39 is 0 Å². The standard InChI is InChI=1S/C8H15N5O/c1-6-5-7(3-4-14-6)9-8-10-11-12-13(8)2/h6-7H,3-5H2,1-2H3,(H,9,10,12). The van der Waals surface area contributed by atoms with Crippen molar-refractivity contribution in [3.05, 3.63) is 0 Å². The minimum atomic E-state index is 0.322. The summed E-state index contributed by atoms with van der Waals surface area (Å²) in [4.78, 5) is 0. The Labute approximate surface area is 82.6 Å². The number of hydrogen-bond donors (Lipinski definition) is 1. The van der Waals surface area contributed by atoms with Crippen molar-refractivity contribution in [1.29, 1.82) is 0 Å². The Balaban J connectivity index is 1.94. The first kappa shape index (κ1) is 9.39. The van der Waals surface area contributed by atoms with Gasteiger partial charge in [0, 0.05) is 19.7 Å². The molecule has 2 atom stereocenters. The second-order valence-corrected chi connectivity index (χ2v) is 3.67. The molecule has 1 aliphatic rings. The molecule has 2 heterocycles. The topological polar surface area (TPSA) is 64.9 Å². The quantitative estimate of drug-likeness (QED) is 0.733. The highest BCUT2D eigenvalue weighted by Crippen LogP contribution is 2.16. The van der Waals surface area contributed by atoms with Crippen molar-refractivity contribution in [3.8, 4) is 0 Å². The van der Waals surface area contributed by atoms with Gasteiger partial charge in [0.05, 0.1) is 6.10 Å². The third-order valence-electron chi connectivity index (χ3n) is 2.44. The van der Waals surface area contributed by atoms with Crippen LogP contribution in [0.2, 0.25) is 0 Å². The number of tetrazole rings is 1. The van der Waals surface area contributed by atoms with Gasteiger partial charge in [-0.1, -0.05) is 5.10 Å². The van der Waals surface area contributed by atoms with Crippen LogP contribution in [0, 0.1) is 0 Å². The Morgan fingerprint density at radius 3 is 3.07 bits per heavy atom. The summed E-state index contributed by atoms with van der Waals surface area (Å²) in [5.74, 6) is 0.726. The Hall–Kier alpha value is -1.17. The first-order valence-corrected chi connectivity index (χ1v) is 4.86. The summed E-state index contributed by atoms with van der Waals surface area (Å²) >= 11 is 0. The fourth-order valence-electron chi connectivity index (χ4n) is 1.66. The molecule has 1 aromatic rings. The molecule has 6 heteroatoms. The highest BCUT2D eigenvalue weighted by Gasteiger charge is 2.20. The molecule has 0 bridgehead atoms. The summed E-state index contributed by atoms with van der Waals surface area (Å²) < 4.78 is 7.10. The number of hydrogen-bond acceptors (Lipinski definition) is 5. The molecule has 6 nitrogen and oxygen atoms in total. The van der Waals surface area contributed by atoms with E-state index in [1.165, 1.54) is 0 Å². The lowest BCUT2D eigenvalue weighted by atomic mass is 10.0. The SMILES string of the molecule is CC1CC(Nc2nnnn2C)CCO1. The van der Waals surface area contributed by atoms with Gasteiger partial charge in [-0.3, -0.25) is 0 Å². The number of anilines is 1. The van der Waals surface area contributed by atoms with Crippen LogP contribution in [0.15, 0.2) is 0 Å². The third-order valence-corrected chi connectivity index (χ3v) is 2.44. The minimum Gasteiger partial charge on any atom is -0.378 e. The van der Waals surface area contributed by atoms with E-state index in [1.54, 1.807) is 4.68 Å². The second-order valence-electron chi connectivity index (χ2n) is 3.67. The van der Waals surface area contributed by atoms with E-state index >= 15 is 0 Å². The fourth-order valence-corrected chi connectivity index (χ4v) is 1.66. The second kappa shape index (κ2) is 3.91. The molecule has 1 saturated heterocycles. The zero-order valence-corrected chi connectivity index (χ0v) is 8.47. The Morgan fingerprint density at radius 2 is 2.43 bits per heavy atom. The van der Waals surface area contributed by atoms with Gasteiger partial charge in [0.25, 0.3) is 0 Å². The van der Waals surface area contributed by atoms with Crippen LogP contribution < -0.4 is 5.32 Å². The molecule has 0 aliphatic carbocycles. The average Bonchev–Trinajstić information content (AvgIpc) is 2.52. The molecule has 1 fully saturated rings. The smallest absolute Gasteiger partial charge is 0.242 e. The van der Waals surface area contributed by atoms with Crippen molar-refractivity contribution in [3.63, 3.8) is 0 Å². The van der Waals surface area contributed by atoms with Gasteiger partial charge in [-0.2, -0.15) is 0 Å². The van der Waals surface area contributed by atoms with Crippen LogP contribution in [0.25, 0.3) is 0 Å². The molecule has 1 N–H and O–H groups in total. The van der Waals surface area contributed by atoms with Crippen molar-refractivity contribution in [2.75, 3.05) is 11.9 Å². The van der Waals surface area contributed by atoms with Crippen molar-refractivity contribution < 1.29 is 4.74 Å². The molecule has 14 heavy (non-hydrogen) atoms. The minimum absolute atomic E-state index is 0.322. The van der Waals surface area contributed by atoms with Crippen LogP contribution in [0.4, 0.5) is 5.95 Å². The maximum absolute atomic E-state index is 5.46.